The van der Waals surface area contributed by atoms with Crippen molar-refractivity contribution in [2.45, 2.75) is 7.43 Å². The predicted octanol–water partition coefficient (Wildman–Crippen LogP) is 0.925. The molecule has 0 aromatic heterocycles. The summed E-state index contributed by atoms with van der Waals surface area (Å²) < 4.78 is 0. The first kappa shape index (κ1) is 22.5. The minimum atomic E-state index is -1.83. The molecule has 0 heterocycles. The summed E-state index contributed by atoms with van der Waals surface area (Å²) in [4.78, 5) is 17.1. The Labute approximate surface area is 97.3 Å². The summed E-state index contributed by atoms with van der Waals surface area (Å²) in [6.45, 7) is 0. The van der Waals surface area contributed by atoms with Gasteiger partial charge >= 0.3 is 57.8 Å². The van der Waals surface area contributed by atoms with E-state index in [1.165, 1.54) is 0 Å². The van der Waals surface area contributed by atoms with E-state index in [-0.39, 0.29) is 55.8 Å². The van der Waals surface area contributed by atoms with Gasteiger partial charge in [-0.15, -0.1) is 0 Å². The molecule has 0 fully saturated rings. The Hall–Kier alpha value is 0.0205. The van der Waals surface area contributed by atoms with Crippen LogP contribution in [0.25, 0.3) is 0 Å². The average molecular weight is 230 g/mol. The maximum Gasteiger partial charge on any atom is 2.00 e. The number of carboxylic acid groups (broad SMARTS) is 4. The van der Waals surface area contributed by atoms with Crippen molar-refractivity contribution in [1.82, 2.24) is 0 Å². The zero-order valence-corrected chi connectivity index (χ0v) is 7.79. The van der Waals surface area contributed by atoms with Crippen molar-refractivity contribution in [1.29, 1.82) is 0 Å². The molecule has 10 heavy (non-hydrogen) atoms. The fraction of sp³-hybridized carbons (Fsp3) is 0.333. The minimum absolute atomic E-state index is 0. The van der Waals surface area contributed by atoms with E-state index >= 15 is 0 Å². The minimum Gasteiger partial charge on any atom is -1.00 e. The third kappa shape index (κ3) is 939000. The van der Waals surface area contributed by atoms with Crippen LogP contribution < -0.4 is 0 Å². The zero-order chi connectivity index (χ0) is 7.15. The van der Waals surface area contributed by atoms with Crippen molar-refractivity contribution < 1.29 is 32.9 Å². The summed E-state index contributed by atoms with van der Waals surface area (Å²) in [7, 11) is 0. The van der Waals surface area contributed by atoms with E-state index in [1.54, 1.807) is 0 Å². The summed E-state index contributed by atoms with van der Waals surface area (Å²) in [5.74, 6) is 0. The van der Waals surface area contributed by atoms with Gasteiger partial charge in [-0.05, 0) is 0 Å². The molecule has 0 aromatic rings. The molecular formula is C3H10O6Sr. The summed E-state index contributed by atoms with van der Waals surface area (Å²) in [6, 6.07) is 0. The fourth-order valence-corrected chi connectivity index (χ4v) is 0. The van der Waals surface area contributed by atoms with Crippen LogP contribution >= 0.6 is 0 Å². The maximum atomic E-state index is 8.56. The SMILES string of the molecule is C.O=C(O)O.O=C(O)O.[H-].[H-].[Sr+2]. The molecule has 0 unspecified atom stereocenters. The normalized spacial score (nSPS) is 4.80. The van der Waals surface area contributed by atoms with Gasteiger partial charge in [0, 0.05) is 0 Å². The number of hydrogen-bond acceptors (Lipinski definition) is 2. The van der Waals surface area contributed by atoms with Crippen molar-refractivity contribution in [3.05, 3.63) is 0 Å². The van der Waals surface area contributed by atoms with Gasteiger partial charge in [-0.2, -0.15) is 0 Å². The first-order valence-corrected chi connectivity index (χ1v) is 1.30. The second kappa shape index (κ2) is 16.0. The largest absolute Gasteiger partial charge is 2.00 e. The molecule has 60 valence electrons. The van der Waals surface area contributed by atoms with Crippen LogP contribution in [0.1, 0.15) is 10.3 Å². The van der Waals surface area contributed by atoms with E-state index in [2.05, 4.69) is 0 Å². The number of rotatable bonds is 0. The fourth-order valence-electron chi connectivity index (χ4n) is 0. The Morgan fingerprint density at radius 2 is 0.900 bits per heavy atom. The number of hydrogen-bond donors (Lipinski definition) is 4. The first-order chi connectivity index (χ1) is 3.46. The van der Waals surface area contributed by atoms with Crippen molar-refractivity contribution in [2.24, 2.45) is 0 Å². The van der Waals surface area contributed by atoms with Crippen molar-refractivity contribution in [3.8, 4) is 0 Å². The molecule has 0 aliphatic heterocycles. The maximum absolute atomic E-state index is 8.56. The molecule has 0 saturated carbocycles. The summed E-state index contributed by atoms with van der Waals surface area (Å²) >= 11 is 0. The van der Waals surface area contributed by atoms with Gasteiger partial charge in [0.05, 0.1) is 0 Å². The van der Waals surface area contributed by atoms with Crippen LogP contribution in [0.4, 0.5) is 9.59 Å². The second-order valence-corrected chi connectivity index (χ2v) is 0.565. The van der Waals surface area contributed by atoms with Crippen LogP contribution in [0, 0.1) is 0 Å². The van der Waals surface area contributed by atoms with E-state index in [4.69, 9.17) is 30.0 Å². The van der Waals surface area contributed by atoms with E-state index in [1.807, 2.05) is 0 Å². The summed E-state index contributed by atoms with van der Waals surface area (Å²) in [5, 5.41) is 27.9. The Kier molecular flexibility index (Phi) is 36.0. The summed E-state index contributed by atoms with van der Waals surface area (Å²) in [6.07, 6.45) is -3.67. The average Bonchev–Trinajstić information content (AvgIpc) is 1.25. The van der Waals surface area contributed by atoms with Gasteiger partial charge in [0.25, 0.3) is 0 Å². The molecule has 0 bridgehead atoms. The van der Waals surface area contributed by atoms with Crippen LogP contribution in [0.2, 0.25) is 0 Å². The topological polar surface area (TPSA) is 115 Å². The van der Waals surface area contributed by atoms with Gasteiger partial charge in [0.2, 0.25) is 0 Å². The Morgan fingerprint density at radius 1 is 0.900 bits per heavy atom. The molecule has 0 aliphatic carbocycles. The Bertz CT molecular complexity index is 78.8. The first-order valence-electron chi connectivity index (χ1n) is 1.30. The van der Waals surface area contributed by atoms with Crippen LogP contribution in [0.3, 0.4) is 0 Å². The van der Waals surface area contributed by atoms with Gasteiger partial charge in [-0.25, -0.2) is 9.59 Å². The molecular weight excluding hydrogens is 220 g/mol. The molecule has 4 N–H and O–H groups in total. The molecule has 0 spiro atoms. The molecule has 6 nitrogen and oxygen atoms in total. The van der Waals surface area contributed by atoms with Gasteiger partial charge in [-0.1, -0.05) is 7.43 Å². The molecule has 0 saturated heterocycles. The van der Waals surface area contributed by atoms with Gasteiger partial charge < -0.3 is 23.3 Å². The van der Waals surface area contributed by atoms with Crippen molar-refractivity contribution in [3.63, 3.8) is 0 Å². The van der Waals surface area contributed by atoms with E-state index in [9.17, 15) is 0 Å². The second-order valence-electron chi connectivity index (χ2n) is 0.565. The standard InChI is InChI=1S/2CH2O3.CH4.Sr.2H/c2*2-1(3)4;;;;/h2*(H2,2,3,4);1H4;;;/q;;;+2;2*-1. The van der Waals surface area contributed by atoms with Crippen LogP contribution in [-0.2, 0) is 0 Å². The van der Waals surface area contributed by atoms with Gasteiger partial charge in [0.15, 0.2) is 0 Å². The third-order valence-corrected chi connectivity index (χ3v) is 0. The van der Waals surface area contributed by atoms with Crippen molar-refractivity contribution in [2.75, 3.05) is 0 Å². The van der Waals surface area contributed by atoms with E-state index in [0.717, 1.165) is 0 Å². The molecule has 0 radical (unpaired) electrons. The zero-order valence-electron chi connectivity index (χ0n) is 6.31. The molecule has 0 atom stereocenters. The van der Waals surface area contributed by atoms with Crippen LogP contribution in [0.5, 0.6) is 0 Å². The van der Waals surface area contributed by atoms with Gasteiger partial charge in [-0.3, -0.25) is 0 Å². The number of carbonyl (C=O) groups is 2. The smallest absolute Gasteiger partial charge is 1.00 e. The molecule has 0 aromatic carbocycles. The molecule has 0 amide bonds. The van der Waals surface area contributed by atoms with Crippen LogP contribution in [-0.4, -0.2) is 78.2 Å². The Balaban J connectivity index is -0.0000000112. The van der Waals surface area contributed by atoms with Gasteiger partial charge in [0.1, 0.15) is 0 Å². The van der Waals surface area contributed by atoms with E-state index < -0.39 is 12.3 Å². The third-order valence-electron chi connectivity index (χ3n) is 0. The van der Waals surface area contributed by atoms with Crippen molar-refractivity contribution >= 4 is 57.8 Å². The van der Waals surface area contributed by atoms with E-state index in [0.29, 0.717) is 0 Å². The monoisotopic (exact) mass is 230 g/mol. The molecule has 0 aliphatic rings. The predicted molar refractivity (Wildman–Crippen MR) is 36.0 cm³/mol. The summed E-state index contributed by atoms with van der Waals surface area (Å²) in [5.41, 5.74) is 0. The molecule has 0 rings (SSSR count). The Morgan fingerprint density at radius 3 is 0.900 bits per heavy atom. The molecule has 7 heteroatoms. The quantitative estimate of drug-likeness (QED) is 0.459. The van der Waals surface area contributed by atoms with Crippen LogP contribution in [0.15, 0.2) is 0 Å².